The summed E-state index contributed by atoms with van der Waals surface area (Å²) in [6.07, 6.45) is 6.49. The van der Waals surface area contributed by atoms with Crippen molar-refractivity contribution >= 4 is 11.6 Å². The Morgan fingerprint density at radius 2 is 1.93 bits per heavy atom. The maximum Gasteiger partial charge on any atom is 0.137 e. The van der Waals surface area contributed by atoms with Gasteiger partial charge in [-0.3, -0.25) is 0 Å². The zero-order valence-corrected chi connectivity index (χ0v) is 18.3. The molecule has 0 radical (unpaired) electrons. The zero-order chi connectivity index (χ0) is 21.6. The van der Waals surface area contributed by atoms with Gasteiger partial charge in [-0.2, -0.15) is 0 Å². The number of hydrogen-bond donors (Lipinski definition) is 2. The normalized spacial score (nSPS) is 27.9. The molecule has 0 amide bonds. The second-order valence-corrected chi connectivity index (χ2v) is 9.23. The van der Waals surface area contributed by atoms with Gasteiger partial charge in [-0.15, -0.1) is 0 Å². The largest absolute Gasteiger partial charge is 0.393 e. The van der Waals surface area contributed by atoms with Crippen molar-refractivity contribution in [1.29, 1.82) is 0 Å². The number of nitrogens with zero attached hydrogens (tertiary/aromatic N) is 2. The summed E-state index contributed by atoms with van der Waals surface area (Å²) in [6.45, 7) is 8.71. The van der Waals surface area contributed by atoms with Gasteiger partial charge in [0, 0.05) is 5.92 Å². The molecule has 30 heavy (non-hydrogen) atoms. The van der Waals surface area contributed by atoms with E-state index in [9.17, 15) is 9.50 Å². The summed E-state index contributed by atoms with van der Waals surface area (Å²) in [7, 11) is 0. The molecular formula is C25H32FN3O. The third kappa shape index (κ3) is 3.53. The van der Waals surface area contributed by atoms with E-state index < -0.39 is 6.10 Å². The summed E-state index contributed by atoms with van der Waals surface area (Å²) in [5, 5.41) is 11.1. The van der Waals surface area contributed by atoms with E-state index in [0.29, 0.717) is 17.2 Å². The molecule has 5 heteroatoms. The van der Waals surface area contributed by atoms with E-state index >= 15 is 0 Å². The average Bonchev–Trinajstić information content (AvgIpc) is 3.18. The number of nitrogen functional groups attached to an aromatic ring is 1. The van der Waals surface area contributed by atoms with Crippen LogP contribution < -0.4 is 5.73 Å². The van der Waals surface area contributed by atoms with Crippen LogP contribution in [0.3, 0.4) is 0 Å². The van der Waals surface area contributed by atoms with Gasteiger partial charge < -0.3 is 10.8 Å². The van der Waals surface area contributed by atoms with E-state index in [0.717, 1.165) is 25.7 Å². The first-order valence-electron chi connectivity index (χ1n) is 11.1. The highest BCUT2D eigenvalue weighted by atomic mass is 19.1. The molecule has 2 aliphatic rings. The van der Waals surface area contributed by atoms with Crippen molar-refractivity contribution in [2.75, 3.05) is 5.73 Å². The van der Waals surface area contributed by atoms with Gasteiger partial charge in [-0.05, 0) is 73.6 Å². The van der Waals surface area contributed by atoms with Gasteiger partial charge >= 0.3 is 0 Å². The lowest BCUT2D eigenvalue weighted by molar-refractivity contribution is 0.0855. The Kier molecular flexibility index (Phi) is 5.67. The summed E-state index contributed by atoms with van der Waals surface area (Å²) >= 11 is 0. The van der Waals surface area contributed by atoms with Crippen LogP contribution in [-0.2, 0) is 12.8 Å². The van der Waals surface area contributed by atoms with Gasteiger partial charge in [0.25, 0.3) is 0 Å². The van der Waals surface area contributed by atoms with E-state index in [1.54, 1.807) is 6.08 Å². The SMILES string of the molecule is CCCc1cc(C)cc(C[C@H]2C[C@@H](C3C=C(F)c4c(N)ncnc43)[C@H](O)[C@@H]2C)c1C. The predicted molar refractivity (Wildman–Crippen MR) is 119 cm³/mol. The number of hydrogen-bond acceptors (Lipinski definition) is 4. The first-order chi connectivity index (χ1) is 14.3. The zero-order valence-electron chi connectivity index (χ0n) is 18.3. The van der Waals surface area contributed by atoms with Crippen molar-refractivity contribution in [1.82, 2.24) is 9.97 Å². The van der Waals surface area contributed by atoms with Gasteiger partial charge in [-0.25, -0.2) is 14.4 Å². The lowest BCUT2D eigenvalue weighted by Gasteiger charge is -2.22. The van der Waals surface area contributed by atoms with E-state index in [-0.39, 0.29) is 29.4 Å². The van der Waals surface area contributed by atoms with Crippen LogP contribution >= 0.6 is 0 Å². The minimum atomic E-state index is -0.494. The summed E-state index contributed by atoms with van der Waals surface area (Å²) in [5.41, 5.74) is 12.3. The number of rotatable bonds is 5. The molecule has 1 heterocycles. The fourth-order valence-corrected chi connectivity index (χ4v) is 5.60. The van der Waals surface area contributed by atoms with E-state index in [2.05, 4.69) is 49.8 Å². The molecule has 3 N–H and O–H groups in total. The Balaban J connectivity index is 1.59. The minimum Gasteiger partial charge on any atom is -0.393 e. The molecular weight excluding hydrogens is 377 g/mol. The molecule has 4 rings (SSSR count). The number of benzene rings is 1. The van der Waals surface area contributed by atoms with E-state index in [4.69, 9.17) is 5.73 Å². The van der Waals surface area contributed by atoms with Crippen LogP contribution in [-0.4, -0.2) is 21.2 Å². The van der Waals surface area contributed by atoms with Crippen molar-refractivity contribution < 1.29 is 9.50 Å². The molecule has 1 fully saturated rings. The van der Waals surface area contributed by atoms with Gasteiger partial charge in [-0.1, -0.05) is 38.0 Å². The molecule has 1 unspecified atom stereocenters. The van der Waals surface area contributed by atoms with Gasteiger partial charge in [0.1, 0.15) is 18.0 Å². The summed E-state index contributed by atoms with van der Waals surface area (Å²) in [4.78, 5) is 8.26. The van der Waals surface area contributed by atoms with Crippen molar-refractivity contribution in [3.05, 3.63) is 58.0 Å². The number of fused-ring (bicyclic) bond motifs is 1. The second kappa shape index (κ2) is 8.10. The number of anilines is 1. The molecule has 2 aromatic rings. The lowest BCUT2D eigenvalue weighted by Crippen LogP contribution is -2.25. The van der Waals surface area contributed by atoms with Crippen LogP contribution in [0, 0.1) is 31.6 Å². The number of aliphatic hydroxyl groups excluding tert-OH is 1. The molecule has 0 saturated heterocycles. The number of allylic oxidation sites excluding steroid dienone is 1. The molecule has 0 aliphatic heterocycles. The smallest absolute Gasteiger partial charge is 0.137 e. The van der Waals surface area contributed by atoms with Crippen molar-refractivity contribution in [2.24, 2.45) is 17.8 Å². The van der Waals surface area contributed by atoms with Crippen LogP contribution in [0.1, 0.15) is 66.1 Å². The topological polar surface area (TPSA) is 72.0 Å². The minimum absolute atomic E-state index is 0.0634. The summed E-state index contributed by atoms with van der Waals surface area (Å²) in [6, 6.07) is 4.59. The third-order valence-electron chi connectivity index (χ3n) is 7.31. The monoisotopic (exact) mass is 409 g/mol. The first kappa shape index (κ1) is 21.0. The van der Waals surface area contributed by atoms with Gasteiger partial charge in [0.05, 0.1) is 17.4 Å². The first-order valence-corrected chi connectivity index (χ1v) is 11.1. The standard InChI is InChI=1S/C25H32FN3O/c1-5-6-16-7-13(2)8-17(14(16)3)9-18-10-20(24(30)15(18)4)19-11-21(26)22-23(19)28-12-29-25(22)27/h7-8,11-12,15,18-20,24,30H,5-6,9-10H2,1-4H3,(H2,27,28,29)/t15-,18+,19?,20+,24-/m1/s1. The van der Waals surface area contributed by atoms with Crippen LogP contribution in [0.15, 0.2) is 24.5 Å². The Hall–Kier alpha value is -2.27. The summed E-state index contributed by atoms with van der Waals surface area (Å²) in [5.74, 6) is -0.0141. The number of aliphatic hydroxyl groups is 1. The Bertz CT molecular complexity index is 987. The Morgan fingerprint density at radius 3 is 2.67 bits per heavy atom. The third-order valence-corrected chi connectivity index (χ3v) is 7.31. The van der Waals surface area contributed by atoms with E-state index in [1.165, 1.54) is 28.6 Å². The second-order valence-electron chi connectivity index (χ2n) is 9.23. The number of aryl methyl sites for hydroxylation is 2. The molecule has 1 saturated carbocycles. The van der Waals surface area contributed by atoms with Crippen LogP contribution in [0.5, 0.6) is 0 Å². The molecule has 1 aromatic heterocycles. The maximum absolute atomic E-state index is 14.6. The van der Waals surface area contributed by atoms with Crippen molar-refractivity contribution in [3.63, 3.8) is 0 Å². The van der Waals surface area contributed by atoms with Crippen LogP contribution in [0.25, 0.3) is 5.83 Å². The van der Waals surface area contributed by atoms with Crippen molar-refractivity contribution in [3.8, 4) is 0 Å². The average molecular weight is 410 g/mol. The molecule has 4 nitrogen and oxygen atoms in total. The lowest BCUT2D eigenvalue weighted by atomic mass is 9.85. The highest BCUT2D eigenvalue weighted by Gasteiger charge is 2.46. The quantitative estimate of drug-likeness (QED) is 0.736. The predicted octanol–water partition coefficient (Wildman–Crippen LogP) is 4.91. The Labute approximate surface area is 178 Å². The molecule has 0 bridgehead atoms. The van der Waals surface area contributed by atoms with Crippen LogP contribution in [0.2, 0.25) is 0 Å². The van der Waals surface area contributed by atoms with E-state index in [1.807, 2.05) is 0 Å². The highest BCUT2D eigenvalue weighted by Crippen LogP contribution is 2.50. The molecule has 160 valence electrons. The fraction of sp³-hybridized carbons (Fsp3) is 0.520. The van der Waals surface area contributed by atoms with Gasteiger partial charge in [0.2, 0.25) is 0 Å². The molecule has 1 aromatic carbocycles. The Morgan fingerprint density at radius 1 is 1.20 bits per heavy atom. The van der Waals surface area contributed by atoms with Gasteiger partial charge in [0.15, 0.2) is 0 Å². The fourth-order valence-electron chi connectivity index (χ4n) is 5.60. The van der Waals surface area contributed by atoms with Crippen LogP contribution in [0.4, 0.5) is 10.2 Å². The molecule has 0 spiro atoms. The van der Waals surface area contributed by atoms with Crippen molar-refractivity contribution in [2.45, 2.75) is 65.4 Å². The molecule has 2 aliphatic carbocycles. The number of halogens is 1. The molecule has 5 atom stereocenters. The maximum atomic E-state index is 14.6. The number of nitrogens with two attached hydrogens (primary N) is 1. The number of aromatic nitrogens is 2. The summed E-state index contributed by atoms with van der Waals surface area (Å²) < 4.78 is 14.6. The highest BCUT2D eigenvalue weighted by molar-refractivity contribution is 5.75.